The fraction of sp³-hybridized carbons (Fsp3) is 0.882. The first-order valence-corrected chi connectivity index (χ1v) is 8.44. The Hall–Kier alpha value is -0.500. The van der Waals surface area contributed by atoms with E-state index in [0.29, 0.717) is 6.04 Å². The third kappa shape index (κ3) is 7.61. The molecule has 0 saturated carbocycles. The maximum atomic E-state index is 5.83. The van der Waals surface area contributed by atoms with E-state index in [4.69, 9.17) is 4.74 Å². The summed E-state index contributed by atoms with van der Waals surface area (Å²) < 4.78 is 5.83. The van der Waals surface area contributed by atoms with Crippen molar-refractivity contribution >= 4 is 0 Å². The van der Waals surface area contributed by atoms with Crippen molar-refractivity contribution in [3.8, 4) is 0 Å². The van der Waals surface area contributed by atoms with Crippen LogP contribution < -0.4 is 5.32 Å². The molecule has 1 unspecified atom stereocenters. The molecule has 1 heterocycles. The van der Waals surface area contributed by atoms with Gasteiger partial charge in [-0.1, -0.05) is 52.4 Å². The summed E-state index contributed by atoms with van der Waals surface area (Å²) in [6.45, 7) is 6.51. The van der Waals surface area contributed by atoms with E-state index >= 15 is 0 Å². The Balaban J connectivity index is 2.22. The second-order valence-corrected chi connectivity index (χ2v) is 5.66. The first-order valence-electron chi connectivity index (χ1n) is 8.44. The van der Waals surface area contributed by atoms with Crippen LogP contribution in [0, 0.1) is 0 Å². The highest BCUT2D eigenvalue weighted by Crippen LogP contribution is 2.18. The third-order valence-corrected chi connectivity index (χ3v) is 3.79. The molecular weight excluding hydrogens is 234 g/mol. The number of hydrogen-bond acceptors (Lipinski definition) is 2. The predicted octanol–water partition coefficient (Wildman–Crippen LogP) is 4.80. The summed E-state index contributed by atoms with van der Waals surface area (Å²) in [6, 6.07) is 0.464. The van der Waals surface area contributed by atoms with Crippen molar-refractivity contribution in [2.75, 3.05) is 13.2 Å². The van der Waals surface area contributed by atoms with Crippen LogP contribution in [0.25, 0.3) is 0 Å². The maximum absolute atomic E-state index is 5.83. The molecule has 0 aromatic rings. The van der Waals surface area contributed by atoms with Crippen molar-refractivity contribution in [2.45, 2.75) is 84.1 Å². The minimum absolute atomic E-state index is 0.464. The number of allylic oxidation sites excluding steroid dienone is 1. The molecular formula is C17H33NO. The zero-order valence-electron chi connectivity index (χ0n) is 13.0. The Labute approximate surface area is 120 Å². The molecule has 1 N–H and O–H groups in total. The Morgan fingerprint density at radius 1 is 1.11 bits per heavy atom. The fourth-order valence-corrected chi connectivity index (χ4v) is 2.61. The van der Waals surface area contributed by atoms with Crippen molar-refractivity contribution in [2.24, 2.45) is 0 Å². The summed E-state index contributed by atoms with van der Waals surface area (Å²) in [6.07, 6.45) is 15.3. The number of hydrogen-bond donors (Lipinski definition) is 1. The van der Waals surface area contributed by atoms with E-state index in [1.54, 1.807) is 0 Å². The highest BCUT2D eigenvalue weighted by atomic mass is 16.5. The molecule has 1 aliphatic rings. The van der Waals surface area contributed by atoms with Gasteiger partial charge in [-0.3, -0.25) is 0 Å². The van der Waals surface area contributed by atoms with Crippen molar-refractivity contribution < 1.29 is 4.74 Å². The van der Waals surface area contributed by atoms with Crippen LogP contribution in [0.4, 0.5) is 0 Å². The van der Waals surface area contributed by atoms with Gasteiger partial charge in [0.05, 0.1) is 12.6 Å². The quantitative estimate of drug-likeness (QED) is 0.543. The molecule has 112 valence electrons. The van der Waals surface area contributed by atoms with Crippen molar-refractivity contribution in [1.82, 2.24) is 5.32 Å². The van der Waals surface area contributed by atoms with Gasteiger partial charge in [-0.25, -0.2) is 0 Å². The van der Waals surface area contributed by atoms with Crippen molar-refractivity contribution in [3.05, 3.63) is 11.8 Å². The lowest BCUT2D eigenvalue weighted by atomic mass is 10.0. The van der Waals surface area contributed by atoms with E-state index in [1.807, 2.05) is 0 Å². The molecule has 19 heavy (non-hydrogen) atoms. The van der Waals surface area contributed by atoms with Gasteiger partial charge in [-0.15, -0.1) is 0 Å². The van der Waals surface area contributed by atoms with Gasteiger partial charge in [-0.05, 0) is 38.3 Å². The maximum Gasteiger partial charge on any atom is 0.109 e. The molecule has 0 radical (unpaired) electrons. The van der Waals surface area contributed by atoms with Gasteiger partial charge in [0, 0.05) is 0 Å². The lowest BCUT2D eigenvalue weighted by Crippen LogP contribution is -2.33. The number of unbranched alkanes of at least 4 members (excludes halogenated alkanes) is 5. The van der Waals surface area contributed by atoms with E-state index in [1.165, 1.54) is 70.0 Å². The Kier molecular flexibility index (Phi) is 9.88. The molecule has 1 atom stereocenters. The SMILES string of the molecule is CCCCCCCCC(NCCC)C1=CCCCO1. The summed E-state index contributed by atoms with van der Waals surface area (Å²) in [5.74, 6) is 1.22. The van der Waals surface area contributed by atoms with Gasteiger partial charge >= 0.3 is 0 Å². The molecule has 0 aromatic heterocycles. The van der Waals surface area contributed by atoms with Crippen LogP contribution in [0.15, 0.2) is 11.8 Å². The first-order chi connectivity index (χ1) is 9.38. The normalized spacial score (nSPS) is 16.8. The largest absolute Gasteiger partial charge is 0.497 e. The van der Waals surface area contributed by atoms with Crippen LogP contribution in [0.5, 0.6) is 0 Å². The smallest absolute Gasteiger partial charge is 0.109 e. The fourth-order valence-electron chi connectivity index (χ4n) is 2.61. The van der Waals surface area contributed by atoms with Crippen LogP contribution in [0.1, 0.15) is 78.1 Å². The molecule has 1 aliphatic heterocycles. The standard InChI is InChI=1S/C17H33NO/c1-3-5-6-7-8-9-12-16(18-14-4-2)17-13-10-11-15-19-17/h13,16,18H,3-12,14-15H2,1-2H3. The van der Waals surface area contributed by atoms with E-state index < -0.39 is 0 Å². The minimum Gasteiger partial charge on any atom is -0.497 e. The monoisotopic (exact) mass is 267 g/mol. The summed E-state index contributed by atoms with van der Waals surface area (Å²) in [7, 11) is 0. The summed E-state index contributed by atoms with van der Waals surface area (Å²) in [4.78, 5) is 0. The Morgan fingerprint density at radius 3 is 2.58 bits per heavy atom. The molecule has 0 saturated heterocycles. The highest BCUT2D eigenvalue weighted by molar-refractivity contribution is 5.05. The van der Waals surface area contributed by atoms with E-state index in [9.17, 15) is 0 Å². The third-order valence-electron chi connectivity index (χ3n) is 3.79. The minimum atomic E-state index is 0.464. The van der Waals surface area contributed by atoms with Crippen molar-refractivity contribution in [1.29, 1.82) is 0 Å². The molecule has 2 nitrogen and oxygen atoms in total. The van der Waals surface area contributed by atoms with Gasteiger partial charge in [-0.2, -0.15) is 0 Å². The summed E-state index contributed by atoms with van der Waals surface area (Å²) in [5.41, 5.74) is 0. The van der Waals surface area contributed by atoms with E-state index in [0.717, 1.165) is 13.2 Å². The lowest BCUT2D eigenvalue weighted by Gasteiger charge is -2.24. The molecule has 2 heteroatoms. The molecule has 0 spiro atoms. The topological polar surface area (TPSA) is 21.3 Å². The first kappa shape index (κ1) is 16.6. The van der Waals surface area contributed by atoms with Crippen LogP contribution in [-0.2, 0) is 4.74 Å². The molecule has 0 bridgehead atoms. The average molecular weight is 267 g/mol. The van der Waals surface area contributed by atoms with Crippen LogP contribution >= 0.6 is 0 Å². The number of rotatable bonds is 11. The van der Waals surface area contributed by atoms with Crippen molar-refractivity contribution in [3.63, 3.8) is 0 Å². The Morgan fingerprint density at radius 2 is 1.89 bits per heavy atom. The van der Waals surface area contributed by atoms with Gasteiger partial charge < -0.3 is 10.1 Å². The number of ether oxygens (including phenoxy) is 1. The van der Waals surface area contributed by atoms with Gasteiger partial charge in [0.2, 0.25) is 0 Å². The predicted molar refractivity (Wildman–Crippen MR) is 83.3 cm³/mol. The lowest BCUT2D eigenvalue weighted by molar-refractivity contribution is 0.164. The van der Waals surface area contributed by atoms with Gasteiger partial charge in [0.1, 0.15) is 5.76 Å². The molecule has 0 fully saturated rings. The van der Waals surface area contributed by atoms with Gasteiger partial charge in [0.25, 0.3) is 0 Å². The van der Waals surface area contributed by atoms with E-state index in [-0.39, 0.29) is 0 Å². The van der Waals surface area contributed by atoms with Crippen LogP contribution in [-0.4, -0.2) is 19.2 Å². The molecule has 0 aromatic carbocycles. The molecule has 0 aliphatic carbocycles. The Bertz CT molecular complexity index is 237. The second kappa shape index (κ2) is 11.3. The van der Waals surface area contributed by atoms with Crippen LogP contribution in [0.3, 0.4) is 0 Å². The average Bonchev–Trinajstić information content (AvgIpc) is 2.46. The summed E-state index contributed by atoms with van der Waals surface area (Å²) in [5, 5.41) is 3.65. The molecule has 0 amide bonds. The van der Waals surface area contributed by atoms with Crippen LogP contribution in [0.2, 0.25) is 0 Å². The van der Waals surface area contributed by atoms with Gasteiger partial charge in [0.15, 0.2) is 0 Å². The second-order valence-electron chi connectivity index (χ2n) is 5.66. The molecule has 1 rings (SSSR count). The van der Waals surface area contributed by atoms with E-state index in [2.05, 4.69) is 25.2 Å². The highest BCUT2D eigenvalue weighted by Gasteiger charge is 2.16. The zero-order valence-corrected chi connectivity index (χ0v) is 13.0. The summed E-state index contributed by atoms with van der Waals surface area (Å²) >= 11 is 0. The number of nitrogens with one attached hydrogen (secondary N) is 1. The zero-order chi connectivity index (χ0) is 13.8.